The molecule has 2 N–H and O–H groups in total. The van der Waals surface area contributed by atoms with Crippen LogP contribution in [0.2, 0.25) is 0 Å². The van der Waals surface area contributed by atoms with Crippen LogP contribution in [0.1, 0.15) is 30.4 Å². The molecule has 1 fully saturated rings. The van der Waals surface area contributed by atoms with E-state index in [9.17, 15) is 4.79 Å². The minimum absolute atomic E-state index is 0. The minimum atomic E-state index is -0.350. The SMILES string of the molecule is COCC1(C(=O)NC2CCc3ccccc3C2)CCNCC1.Cl. The third-order valence-electron chi connectivity index (χ3n) is 5.15. The van der Waals surface area contributed by atoms with E-state index < -0.39 is 0 Å². The lowest BCUT2D eigenvalue weighted by Gasteiger charge is -2.37. The average molecular weight is 339 g/mol. The van der Waals surface area contributed by atoms with E-state index in [1.54, 1.807) is 7.11 Å². The Labute approximate surface area is 144 Å². The number of fused-ring (bicyclic) bond motifs is 1. The lowest BCUT2D eigenvalue weighted by Crippen LogP contribution is -2.53. The maximum atomic E-state index is 12.9. The molecule has 0 radical (unpaired) electrons. The van der Waals surface area contributed by atoms with Crippen molar-refractivity contribution in [2.45, 2.75) is 38.1 Å². The summed E-state index contributed by atoms with van der Waals surface area (Å²) in [6, 6.07) is 8.82. The third kappa shape index (κ3) is 4.06. The number of hydrogen-bond acceptors (Lipinski definition) is 3. The molecule has 0 saturated carbocycles. The molecule has 1 aliphatic heterocycles. The Kier molecular flexibility index (Phi) is 6.45. The van der Waals surface area contributed by atoms with Crippen LogP contribution in [0.5, 0.6) is 0 Å². The van der Waals surface area contributed by atoms with Gasteiger partial charge < -0.3 is 15.4 Å². The Morgan fingerprint density at radius 2 is 2.00 bits per heavy atom. The molecule has 3 rings (SSSR count). The average Bonchev–Trinajstić information content (AvgIpc) is 2.56. The number of methoxy groups -OCH3 is 1. The molecule has 1 unspecified atom stereocenters. The summed E-state index contributed by atoms with van der Waals surface area (Å²) in [5.41, 5.74) is 2.46. The monoisotopic (exact) mass is 338 g/mol. The number of halogens is 1. The fourth-order valence-corrected chi connectivity index (χ4v) is 3.78. The molecule has 0 aromatic heterocycles. The largest absolute Gasteiger partial charge is 0.384 e. The van der Waals surface area contributed by atoms with Gasteiger partial charge in [0.25, 0.3) is 0 Å². The highest BCUT2D eigenvalue weighted by atomic mass is 35.5. The molecule has 1 atom stereocenters. The molecule has 1 aromatic carbocycles. The molecule has 0 spiro atoms. The van der Waals surface area contributed by atoms with Gasteiger partial charge in [0.1, 0.15) is 0 Å². The van der Waals surface area contributed by atoms with Crippen LogP contribution in [0, 0.1) is 5.41 Å². The normalized spacial score (nSPS) is 22.6. The highest BCUT2D eigenvalue weighted by Gasteiger charge is 2.40. The van der Waals surface area contributed by atoms with Crippen molar-refractivity contribution in [2.24, 2.45) is 5.41 Å². The summed E-state index contributed by atoms with van der Waals surface area (Å²) in [6.45, 7) is 2.30. The number of piperidine rings is 1. The van der Waals surface area contributed by atoms with E-state index in [0.29, 0.717) is 6.61 Å². The van der Waals surface area contributed by atoms with Crippen molar-refractivity contribution in [1.82, 2.24) is 10.6 Å². The fraction of sp³-hybridized carbons (Fsp3) is 0.611. The Morgan fingerprint density at radius 3 is 2.70 bits per heavy atom. The number of hydrogen-bond donors (Lipinski definition) is 2. The molecule has 1 heterocycles. The van der Waals surface area contributed by atoms with E-state index in [1.807, 2.05) is 0 Å². The Hall–Kier alpha value is -1.10. The van der Waals surface area contributed by atoms with Crippen LogP contribution in [-0.4, -0.2) is 38.8 Å². The second-order valence-electron chi connectivity index (χ2n) is 6.65. The highest BCUT2D eigenvalue weighted by Crippen LogP contribution is 2.30. The molecule has 23 heavy (non-hydrogen) atoms. The summed E-state index contributed by atoms with van der Waals surface area (Å²) in [4.78, 5) is 12.9. The first-order valence-electron chi connectivity index (χ1n) is 8.31. The molecule has 128 valence electrons. The summed E-state index contributed by atoms with van der Waals surface area (Å²) in [5.74, 6) is 0.181. The van der Waals surface area contributed by atoms with Crippen LogP contribution in [0.3, 0.4) is 0 Å². The van der Waals surface area contributed by atoms with Gasteiger partial charge in [0, 0.05) is 13.2 Å². The quantitative estimate of drug-likeness (QED) is 0.884. The number of carbonyl (C=O) groups excluding carboxylic acids is 1. The van der Waals surface area contributed by atoms with Gasteiger partial charge >= 0.3 is 0 Å². The lowest BCUT2D eigenvalue weighted by molar-refractivity contribution is -0.137. The van der Waals surface area contributed by atoms with E-state index in [-0.39, 0.29) is 29.8 Å². The zero-order valence-corrected chi connectivity index (χ0v) is 14.6. The number of carbonyl (C=O) groups is 1. The first-order chi connectivity index (χ1) is 10.7. The van der Waals surface area contributed by atoms with Crippen molar-refractivity contribution >= 4 is 18.3 Å². The van der Waals surface area contributed by atoms with Gasteiger partial charge in [0.05, 0.1) is 12.0 Å². The maximum absolute atomic E-state index is 12.9. The van der Waals surface area contributed by atoms with Crippen molar-refractivity contribution in [3.8, 4) is 0 Å². The van der Waals surface area contributed by atoms with Gasteiger partial charge in [-0.25, -0.2) is 0 Å². The topological polar surface area (TPSA) is 50.4 Å². The number of amides is 1. The van der Waals surface area contributed by atoms with Crippen molar-refractivity contribution in [2.75, 3.05) is 26.8 Å². The summed E-state index contributed by atoms with van der Waals surface area (Å²) in [7, 11) is 1.69. The smallest absolute Gasteiger partial charge is 0.228 e. The van der Waals surface area contributed by atoms with Gasteiger partial charge in [-0.2, -0.15) is 0 Å². The third-order valence-corrected chi connectivity index (χ3v) is 5.15. The molecular weight excluding hydrogens is 312 g/mol. The molecule has 1 aromatic rings. The second-order valence-corrected chi connectivity index (χ2v) is 6.65. The van der Waals surface area contributed by atoms with Crippen molar-refractivity contribution in [3.05, 3.63) is 35.4 Å². The lowest BCUT2D eigenvalue weighted by atomic mass is 9.78. The standard InChI is InChI=1S/C18H26N2O2.ClH/c1-22-13-18(8-10-19-11-9-18)17(21)20-16-7-6-14-4-2-3-5-15(14)12-16;/h2-5,16,19H,6-13H2,1H3,(H,20,21);1H. The van der Waals surface area contributed by atoms with Crippen LogP contribution in [0.4, 0.5) is 0 Å². The van der Waals surface area contributed by atoms with Gasteiger partial charge in [0.15, 0.2) is 0 Å². The van der Waals surface area contributed by atoms with E-state index in [0.717, 1.165) is 45.2 Å². The van der Waals surface area contributed by atoms with Gasteiger partial charge in [-0.1, -0.05) is 24.3 Å². The van der Waals surface area contributed by atoms with Crippen molar-refractivity contribution in [3.63, 3.8) is 0 Å². The van der Waals surface area contributed by atoms with Crippen molar-refractivity contribution < 1.29 is 9.53 Å². The summed E-state index contributed by atoms with van der Waals surface area (Å²) < 4.78 is 5.36. The van der Waals surface area contributed by atoms with E-state index in [4.69, 9.17) is 4.74 Å². The number of ether oxygens (including phenoxy) is 1. The Morgan fingerprint density at radius 1 is 1.30 bits per heavy atom. The number of rotatable bonds is 4. The molecule has 0 bridgehead atoms. The maximum Gasteiger partial charge on any atom is 0.228 e. The van der Waals surface area contributed by atoms with Gasteiger partial charge in [-0.15, -0.1) is 12.4 Å². The molecule has 1 saturated heterocycles. The second kappa shape index (κ2) is 8.13. The fourth-order valence-electron chi connectivity index (χ4n) is 3.78. The highest BCUT2D eigenvalue weighted by molar-refractivity contribution is 5.85. The summed E-state index contributed by atoms with van der Waals surface area (Å²) >= 11 is 0. The van der Waals surface area contributed by atoms with Crippen LogP contribution in [0.25, 0.3) is 0 Å². The molecular formula is C18H27ClN2O2. The van der Waals surface area contributed by atoms with E-state index in [2.05, 4.69) is 34.9 Å². The molecule has 1 aliphatic carbocycles. The van der Waals surface area contributed by atoms with Gasteiger partial charge in [0.2, 0.25) is 5.91 Å². The number of aryl methyl sites for hydroxylation is 1. The summed E-state index contributed by atoms with van der Waals surface area (Å²) in [5, 5.41) is 6.64. The van der Waals surface area contributed by atoms with Gasteiger partial charge in [-0.05, 0) is 56.3 Å². The first-order valence-corrected chi connectivity index (χ1v) is 8.31. The minimum Gasteiger partial charge on any atom is -0.384 e. The molecule has 4 nitrogen and oxygen atoms in total. The van der Waals surface area contributed by atoms with Crippen molar-refractivity contribution in [1.29, 1.82) is 0 Å². The van der Waals surface area contributed by atoms with Crippen LogP contribution in [0.15, 0.2) is 24.3 Å². The van der Waals surface area contributed by atoms with E-state index >= 15 is 0 Å². The summed E-state index contributed by atoms with van der Waals surface area (Å²) in [6.07, 6.45) is 4.75. The van der Waals surface area contributed by atoms with Crippen LogP contribution >= 0.6 is 12.4 Å². The molecule has 5 heteroatoms. The number of nitrogens with one attached hydrogen (secondary N) is 2. The van der Waals surface area contributed by atoms with Gasteiger partial charge in [-0.3, -0.25) is 4.79 Å². The van der Waals surface area contributed by atoms with Crippen LogP contribution < -0.4 is 10.6 Å². The Balaban J connectivity index is 0.00000192. The zero-order valence-electron chi connectivity index (χ0n) is 13.8. The predicted octanol–water partition coefficient (Wildman–Crippen LogP) is 2.10. The Bertz CT molecular complexity index is 524. The molecule has 1 amide bonds. The zero-order chi connectivity index (χ0) is 15.4. The first kappa shape index (κ1) is 18.2. The van der Waals surface area contributed by atoms with Crippen LogP contribution in [-0.2, 0) is 22.4 Å². The molecule has 2 aliphatic rings. The number of benzene rings is 1. The predicted molar refractivity (Wildman–Crippen MR) is 94.1 cm³/mol. The van der Waals surface area contributed by atoms with E-state index in [1.165, 1.54) is 11.1 Å².